The molecule has 8 heteroatoms. The van der Waals surface area contributed by atoms with Gasteiger partial charge in [0.15, 0.2) is 0 Å². The van der Waals surface area contributed by atoms with Crippen LogP contribution in [0.15, 0.2) is 59.4 Å². The van der Waals surface area contributed by atoms with Gasteiger partial charge in [-0.1, -0.05) is 30.3 Å². The highest BCUT2D eigenvalue weighted by Gasteiger charge is 2.23. The first kappa shape index (κ1) is 23.9. The van der Waals surface area contributed by atoms with E-state index in [9.17, 15) is 14.4 Å². The van der Waals surface area contributed by atoms with Crippen LogP contribution in [0.3, 0.4) is 0 Å². The molecule has 0 atom stereocenters. The summed E-state index contributed by atoms with van der Waals surface area (Å²) in [6, 6.07) is 16.0. The fourth-order valence-electron chi connectivity index (χ4n) is 4.51. The number of aromatic nitrogens is 2. The van der Waals surface area contributed by atoms with Crippen LogP contribution >= 0.6 is 11.3 Å². The first-order chi connectivity index (χ1) is 17.4. The molecule has 184 valence electrons. The molecule has 0 aliphatic heterocycles. The van der Waals surface area contributed by atoms with E-state index in [0.717, 1.165) is 41.6 Å². The topological polar surface area (TPSA) is 90.3 Å². The zero-order valence-corrected chi connectivity index (χ0v) is 21.1. The van der Waals surface area contributed by atoms with Crippen molar-refractivity contribution in [2.45, 2.75) is 52.2 Å². The third-order valence-corrected chi connectivity index (χ3v) is 7.34. The molecule has 0 saturated carbocycles. The van der Waals surface area contributed by atoms with Crippen LogP contribution in [0.5, 0.6) is 0 Å². The highest BCUT2D eigenvalue weighted by Crippen LogP contribution is 2.34. The van der Waals surface area contributed by atoms with E-state index in [1.165, 1.54) is 9.44 Å². The van der Waals surface area contributed by atoms with Gasteiger partial charge < -0.3 is 10.1 Å². The third kappa shape index (κ3) is 4.81. The van der Waals surface area contributed by atoms with Crippen LogP contribution < -0.4 is 10.9 Å². The molecule has 0 saturated heterocycles. The first-order valence-corrected chi connectivity index (χ1v) is 12.9. The lowest BCUT2D eigenvalue weighted by atomic mass is 9.97. The second kappa shape index (κ2) is 10.1. The third-order valence-electron chi connectivity index (χ3n) is 6.16. The van der Waals surface area contributed by atoms with Gasteiger partial charge in [-0.3, -0.25) is 14.2 Å². The normalized spacial score (nSPS) is 13.0. The minimum Gasteiger partial charge on any atom is -0.459 e. The van der Waals surface area contributed by atoms with Gasteiger partial charge >= 0.3 is 5.97 Å². The summed E-state index contributed by atoms with van der Waals surface area (Å²) in [6.07, 6.45) is 3.80. The molecule has 4 aromatic rings. The maximum atomic E-state index is 13.7. The Hall–Kier alpha value is -3.78. The fourth-order valence-corrected chi connectivity index (χ4v) is 5.76. The molecule has 1 aliphatic rings. The van der Waals surface area contributed by atoms with Crippen molar-refractivity contribution in [2.75, 3.05) is 5.32 Å². The van der Waals surface area contributed by atoms with Gasteiger partial charge in [0.05, 0.1) is 17.1 Å². The molecule has 1 N–H and O–H groups in total. The zero-order chi connectivity index (χ0) is 25.2. The summed E-state index contributed by atoms with van der Waals surface area (Å²) in [7, 11) is 0. The van der Waals surface area contributed by atoms with E-state index >= 15 is 0 Å². The van der Waals surface area contributed by atoms with Crippen molar-refractivity contribution in [1.29, 1.82) is 0 Å². The monoisotopic (exact) mass is 501 g/mol. The number of esters is 1. The van der Waals surface area contributed by atoms with Crippen LogP contribution in [0, 0.1) is 0 Å². The average Bonchev–Trinajstić information content (AvgIpc) is 3.25. The summed E-state index contributed by atoms with van der Waals surface area (Å²) in [5.41, 5.74) is 2.62. The van der Waals surface area contributed by atoms with Crippen molar-refractivity contribution < 1.29 is 14.3 Å². The van der Waals surface area contributed by atoms with Crippen molar-refractivity contribution in [1.82, 2.24) is 9.55 Å². The number of rotatable bonds is 6. The molecular weight excluding hydrogens is 474 g/mol. The Balaban J connectivity index is 1.46. The minimum absolute atomic E-state index is 0.173. The van der Waals surface area contributed by atoms with E-state index < -0.39 is 5.97 Å². The first-order valence-electron chi connectivity index (χ1n) is 12.1. The number of anilines is 1. The van der Waals surface area contributed by atoms with Crippen molar-refractivity contribution >= 4 is 39.1 Å². The molecule has 0 unspecified atom stereocenters. The fraction of sp³-hybridized carbons (Fsp3) is 0.286. The van der Waals surface area contributed by atoms with E-state index in [2.05, 4.69) is 5.32 Å². The summed E-state index contributed by atoms with van der Waals surface area (Å²) in [4.78, 5) is 45.7. The molecule has 7 nitrogen and oxygen atoms in total. The van der Waals surface area contributed by atoms with E-state index in [4.69, 9.17) is 9.72 Å². The number of aryl methyl sites for hydroxylation is 2. The molecule has 0 fully saturated rings. The number of fused-ring (bicyclic) bond motifs is 3. The van der Waals surface area contributed by atoms with Crippen LogP contribution in [0.25, 0.3) is 21.6 Å². The van der Waals surface area contributed by atoms with Crippen LogP contribution in [0.2, 0.25) is 0 Å². The molecule has 36 heavy (non-hydrogen) atoms. The Kier molecular flexibility index (Phi) is 6.69. The average molecular weight is 502 g/mol. The molecule has 0 radical (unpaired) electrons. The van der Waals surface area contributed by atoms with Gasteiger partial charge in [0.2, 0.25) is 5.91 Å². The van der Waals surface area contributed by atoms with E-state index in [0.29, 0.717) is 22.5 Å². The molecule has 2 aromatic heterocycles. The van der Waals surface area contributed by atoms with Gasteiger partial charge in [-0.25, -0.2) is 9.78 Å². The highest BCUT2D eigenvalue weighted by molar-refractivity contribution is 7.18. The lowest BCUT2D eigenvalue weighted by Gasteiger charge is -2.14. The Morgan fingerprint density at radius 1 is 1.06 bits per heavy atom. The standard InChI is InChI=1S/C28H27N3O4S/c1-17(2)35-28(34)19-12-14-20(15-13-19)29-23(32)16-31-25(18-8-4-3-5-9-18)30-26-24(27(31)33)21-10-6-7-11-22(21)36-26/h3-5,8-9,12-15,17H,6-7,10-11,16H2,1-2H3,(H,29,32). The second-order valence-corrected chi connectivity index (χ2v) is 10.2. The van der Waals surface area contributed by atoms with Crippen molar-refractivity contribution in [3.05, 3.63) is 81.0 Å². The maximum Gasteiger partial charge on any atom is 0.338 e. The molecule has 1 amide bonds. The van der Waals surface area contributed by atoms with Gasteiger partial charge in [0.25, 0.3) is 5.56 Å². The summed E-state index contributed by atoms with van der Waals surface area (Å²) in [5.74, 6) is -0.286. The van der Waals surface area contributed by atoms with Gasteiger partial charge in [-0.15, -0.1) is 11.3 Å². The number of nitrogens with one attached hydrogen (secondary N) is 1. The number of hydrogen-bond acceptors (Lipinski definition) is 6. The number of thiophene rings is 1. The number of nitrogens with zero attached hydrogens (tertiary/aromatic N) is 2. The Labute approximate surface area is 212 Å². The van der Waals surface area contributed by atoms with Crippen LogP contribution in [0.4, 0.5) is 5.69 Å². The number of carbonyl (C=O) groups is 2. The smallest absolute Gasteiger partial charge is 0.338 e. The number of carbonyl (C=O) groups excluding carboxylic acids is 2. The number of amides is 1. The maximum absolute atomic E-state index is 13.7. The summed E-state index contributed by atoms with van der Waals surface area (Å²) < 4.78 is 6.68. The molecule has 2 aromatic carbocycles. The van der Waals surface area contributed by atoms with E-state index in [1.54, 1.807) is 49.4 Å². The molecule has 0 bridgehead atoms. The van der Waals surface area contributed by atoms with Crippen LogP contribution in [0.1, 0.15) is 47.5 Å². The summed E-state index contributed by atoms with van der Waals surface area (Å²) in [5, 5.41) is 3.48. The van der Waals surface area contributed by atoms with Crippen LogP contribution in [-0.4, -0.2) is 27.5 Å². The zero-order valence-electron chi connectivity index (χ0n) is 20.2. The molecule has 0 spiro atoms. The summed E-state index contributed by atoms with van der Waals surface area (Å²) in [6.45, 7) is 3.40. The Morgan fingerprint density at radius 2 is 1.78 bits per heavy atom. The van der Waals surface area contributed by atoms with Gasteiger partial charge in [0, 0.05) is 16.1 Å². The largest absolute Gasteiger partial charge is 0.459 e. The van der Waals surface area contributed by atoms with Gasteiger partial charge in [-0.05, 0) is 69.4 Å². The Morgan fingerprint density at radius 3 is 2.50 bits per heavy atom. The predicted molar refractivity (Wildman–Crippen MR) is 142 cm³/mol. The van der Waals surface area contributed by atoms with Crippen molar-refractivity contribution in [3.63, 3.8) is 0 Å². The number of hydrogen-bond donors (Lipinski definition) is 1. The predicted octanol–water partition coefficient (Wildman–Crippen LogP) is 5.21. The van der Waals surface area contributed by atoms with E-state index in [1.807, 2.05) is 30.3 Å². The van der Waals surface area contributed by atoms with Crippen LogP contribution in [-0.2, 0) is 28.9 Å². The quantitative estimate of drug-likeness (QED) is 0.367. The van der Waals surface area contributed by atoms with Gasteiger partial charge in [0.1, 0.15) is 17.2 Å². The van der Waals surface area contributed by atoms with Crippen molar-refractivity contribution in [2.24, 2.45) is 0 Å². The SMILES string of the molecule is CC(C)OC(=O)c1ccc(NC(=O)Cn2c(-c3ccccc3)nc3sc4c(c3c2=O)CCCC4)cc1. The molecule has 1 aliphatic carbocycles. The number of benzene rings is 2. The lowest BCUT2D eigenvalue weighted by Crippen LogP contribution is -2.30. The summed E-state index contributed by atoms with van der Waals surface area (Å²) >= 11 is 1.60. The Bertz CT molecular complexity index is 1490. The molecule has 2 heterocycles. The van der Waals surface area contributed by atoms with E-state index in [-0.39, 0.29) is 24.1 Å². The minimum atomic E-state index is -0.416. The molecular formula is C28H27N3O4S. The highest BCUT2D eigenvalue weighted by atomic mass is 32.1. The second-order valence-electron chi connectivity index (χ2n) is 9.16. The van der Waals surface area contributed by atoms with Gasteiger partial charge in [-0.2, -0.15) is 0 Å². The van der Waals surface area contributed by atoms with Crippen molar-refractivity contribution in [3.8, 4) is 11.4 Å². The number of ether oxygens (including phenoxy) is 1. The molecule has 5 rings (SSSR count). The lowest BCUT2D eigenvalue weighted by molar-refractivity contribution is -0.116.